The van der Waals surface area contributed by atoms with Crippen LogP contribution >= 0.6 is 0 Å². The van der Waals surface area contributed by atoms with Crippen LogP contribution in [0.1, 0.15) is 5.56 Å². The van der Waals surface area contributed by atoms with Gasteiger partial charge in [-0.25, -0.2) is 19.9 Å². The lowest BCUT2D eigenvalue weighted by atomic mass is 10.3. The molecule has 0 aliphatic carbocycles. The molecule has 0 bridgehead atoms. The molecule has 6 heteroatoms. The Morgan fingerprint density at radius 3 is 2.89 bits per heavy atom. The first-order valence-electron chi connectivity index (χ1n) is 5.59. The fourth-order valence-corrected chi connectivity index (χ4v) is 1.73. The van der Waals surface area contributed by atoms with Gasteiger partial charge in [-0.3, -0.25) is 0 Å². The predicted molar refractivity (Wildman–Crippen MR) is 66.0 cm³/mol. The van der Waals surface area contributed by atoms with E-state index in [-0.39, 0.29) is 0 Å². The van der Waals surface area contributed by atoms with Crippen molar-refractivity contribution in [1.82, 2.24) is 19.9 Å². The molecular weight excluding hydrogens is 230 g/mol. The molecule has 1 aliphatic heterocycles. The number of furan rings is 1. The maximum absolute atomic E-state index is 4.97. The topological polar surface area (TPSA) is 76.7 Å². The van der Waals surface area contributed by atoms with Crippen molar-refractivity contribution in [2.75, 3.05) is 11.9 Å². The van der Waals surface area contributed by atoms with Gasteiger partial charge in [0.2, 0.25) is 5.71 Å². The van der Waals surface area contributed by atoms with Crippen LogP contribution in [0.5, 0.6) is 0 Å². The molecule has 0 saturated heterocycles. The smallest absolute Gasteiger partial charge is 0.228 e. The van der Waals surface area contributed by atoms with Gasteiger partial charge in [0.1, 0.15) is 18.5 Å². The second-order valence-electron chi connectivity index (χ2n) is 3.78. The van der Waals surface area contributed by atoms with Crippen LogP contribution in [0, 0.1) is 0 Å². The molecule has 3 aromatic rings. The van der Waals surface area contributed by atoms with Crippen molar-refractivity contribution in [1.29, 1.82) is 0 Å². The molecule has 0 aromatic carbocycles. The molecular formula is C12H11N5O. The predicted octanol–water partition coefficient (Wildman–Crippen LogP) is 1.67. The van der Waals surface area contributed by atoms with Gasteiger partial charge >= 0.3 is 0 Å². The first-order valence-corrected chi connectivity index (χ1v) is 5.59. The monoisotopic (exact) mass is 241 g/mol. The summed E-state index contributed by atoms with van der Waals surface area (Å²) in [6.45, 7) is 1.01. The van der Waals surface area contributed by atoms with Gasteiger partial charge in [-0.05, 0) is 12.5 Å². The van der Waals surface area contributed by atoms with E-state index in [1.54, 1.807) is 18.8 Å². The number of hydrogen-bond donors (Lipinski definition) is 1. The van der Waals surface area contributed by atoms with Crippen LogP contribution in [0.15, 0.2) is 41.8 Å². The molecule has 1 N–H and O–H groups in total. The summed E-state index contributed by atoms with van der Waals surface area (Å²) in [5.41, 5.74) is 1.88. The summed E-state index contributed by atoms with van der Waals surface area (Å²) < 4.78 is 4.97. The van der Waals surface area contributed by atoms with Crippen molar-refractivity contribution < 1.29 is 4.42 Å². The van der Waals surface area contributed by atoms with Gasteiger partial charge < -0.3 is 9.73 Å². The van der Waals surface area contributed by atoms with Crippen LogP contribution < -0.4 is 5.32 Å². The van der Waals surface area contributed by atoms with Crippen LogP contribution in [0.25, 0.3) is 11.1 Å². The highest BCUT2D eigenvalue weighted by Crippen LogP contribution is 2.15. The lowest BCUT2D eigenvalue weighted by Gasteiger charge is -1.92. The Kier molecular flexibility index (Phi) is 2.83. The lowest BCUT2D eigenvalue weighted by molar-refractivity contribution is 0.602. The zero-order chi connectivity index (χ0) is 12.2. The molecule has 1 aliphatic rings. The standard InChI is InChI=1S/C6H7N3.C6H4N2O/c1-2-8-6-5(1)3-7-4-9-6;1-2-9-6-5(1)3-7-4-8-6/h3-4H,1-2H2,(H,7,8,9);1-4H. The van der Waals surface area contributed by atoms with Gasteiger partial charge in [0.25, 0.3) is 0 Å². The van der Waals surface area contributed by atoms with Gasteiger partial charge in [-0.15, -0.1) is 0 Å². The Labute approximate surface area is 103 Å². The molecule has 0 fully saturated rings. The van der Waals surface area contributed by atoms with Gasteiger partial charge in [0.05, 0.1) is 11.6 Å². The van der Waals surface area contributed by atoms with Crippen LogP contribution in [-0.4, -0.2) is 26.5 Å². The lowest BCUT2D eigenvalue weighted by Crippen LogP contribution is -1.92. The van der Waals surface area contributed by atoms with E-state index in [0.29, 0.717) is 5.71 Å². The van der Waals surface area contributed by atoms with E-state index >= 15 is 0 Å². The Hall–Kier alpha value is -2.50. The molecule has 18 heavy (non-hydrogen) atoms. The maximum atomic E-state index is 4.97. The second kappa shape index (κ2) is 4.79. The number of nitrogens with one attached hydrogen (secondary N) is 1. The summed E-state index contributed by atoms with van der Waals surface area (Å²) in [5.74, 6) is 1.00. The van der Waals surface area contributed by atoms with Crippen molar-refractivity contribution in [3.8, 4) is 0 Å². The summed E-state index contributed by atoms with van der Waals surface area (Å²) in [5, 5.41) is 4.09. The van der Waals surface area contributed by atoms with Gasteiger partial charge in [0.15, 0.2) is 0 Å². The minimum absolute atomic E-state index is 0.644. The number of fused-ring (bicyclic) bond motifs is 2. The molecule has 6 nitrogen and oxygen atoms in total. The third-order valence-corrected chi connectivity index (χ3v) is 2.60. The quantitative estimate of drug-likeness (QED) is 0.645. The summed E-state index contributed by atoms with van der Waals surface area (Å²) in [7, 11) is 0. The number of rotatable bonds is 0. The van der Waals surface area contributed by atoms with E-state index in [4.69, 9.17) is 4.42 Å². The first-order chi connectivity index (χ1) is 8.93. The van der Waals surface area contributed by atoms with Crippen molar-refractivity contribution in [3.63, 3.8) is 0 Å². The SMILES string of the molecule is c1ncc2c(n1)NCC2.c1ncc2ccoc2n1. The zero-order valence-corrected chi connectivity index (χ0v) is 9.58. The minimum atomic E-state index is 0.644. The molecule has 0 unspecified atom stereocenters. The molecule has 0 radical (unpaired) electrons. The van der Waals surface area contributed by atoms with Crippen LogP contribution in [-0.2, 0) is 6.42 Å². The molecule has 4 heterocycles. The second-order valence-corrected chi connectivity index (χ2v) is 3.78. The van der Waals surface area contributed by atoms with E-state index in [2.05, 4.69) is 25.3 Å². The molecule has 0 saturated carbocycles. The van der Waals surface area contributed by atoms with Crippen LogP contribution in [0.3, 0.4) is 0 Å². The van der Waals surface area contributed by atoms with Crippen LogP contribution in [0.4, 0.5) is 5.82 Å². The molecule has 0 amide bonds. The van der Waals surface area contributed by atoms with Crippen LogP contribution in [0.2, 0.25) is 0 Å². The molecule has 0 atom stereocenters. The number of nitrogens with zero attached hydrogens (tertiary/aromatic N) is 4. The summed E-state index contributed by atoms with van der Waals surface area (Å²) >= 11 is 0. The molecule has 4 rings (SSSR count). The van der Waals surface area contributed by atoms with E-state index < -0.39 is 0 Å². The fourth-order valence-electron chi connectivity index (χ4n) is 1.73. The Balaban J connectivity index is 0.000000111. The van der Waals surface area contributed by atoms with Crippen molar-refractivity contribution in [2.24, 2.45) is 0 Å². The van der Waals surface area contributed by atoms with E-state index in [1.165, 1.54) is 11.9 Å². The maximum Gasteiger partial charge on any atom is 0.228 e. The summed E-state index contributed by atoms with van der Waals surface area (Å²) in [4.78, 5) is 15.6. The van der Waals surface area contributed by atoms with E-state index in [9.17, 15) is 0 Å². The highest BCUT2D eigenvalue weighted by molar-refractivity contribution is 5.70. The van der Waals surface area contributed by atoms with Crippen molar-refractivity contribution in [3.05, 3.63) is 42.9 Å². The normalized spacial score (nSPS) is 12.4. The highest BCUT2D eigenvalue weighted by atomic mass is 16.3. The minimum Gasteiger partial charge on any atom is -0.446 e. The Morgan fingerprint density at radius 1 is 1.11 bits per heavy atom. The molecule has 3 aromatic heterocycles. The van der Waals surface area contributed by atoms with Crippen molar-refractivity contribution in [2.45, 2.75) is 6.42 Å². The summed E-state index contributed by atoms with van der Waals surface area (Å²) in [6.07, 6.45) is 9.27. The third-order valence-electron chi connectivity index (χ3n) is 2.60. The third kappa shape index (κ3) is 2.13. The number of aromatic nitrogens is 4. The average Bonchev–Trinajstić information content (AvgIpc) is 3.08. The van der Waals surface area contributed by atoms with Crippen molar-refractivity contribution >= 4 is 16.9 Å². The first kappa shape index (κ1) is 10.6. The zero-order valence-electron chi connectivity index (χ0n) is 9.58. The Morgan fingerprint density at radius 2 is 2.00 bits per heavy atom. The number of anilines is 1. The highest BCUT2D eigenvalue weighted by Gasteiger charge is 2.08. The molecule has 0 spiro atoms. The Bertz CT molecular complexity index is 598. The molecule has 90 valence electrons. The average molecular weight is 241 g/mol. The van der Waals surface area contributed by atoms with E-state index in [0.717, 1.165) is 24.2 Å². The number of hydrogen-bond acceptors (Lipinski definition) is 6. The van der Waals surface area contributed by atoms with Gasteiger partial charge in [-0.2, -0.15) is 0 Å². The van der Waals surface area contributed by atoms with E-state index in [1.807, 2.05) is 12.3 Å². The van der Waals surface area contributed by atoms with Gasteiger partial charge in [-0.1, -0.05) is 0 Å². The fraction of sp³-hybridized carbons (Fsp3) is 0.167. The van der Waals surface area contributed by atoms with Gasteiger partial charge in [0, 0.05) is 24.5 Å². The largest absolute Gasteiger partial charge is 0.446 e. The summed E-state index contributed by atoms with van der Waals surface area (Å²) in [6, 6.07) is 1.83.